The zero-order valence-corrected chi connectivity index (χ0v) is 11.1. The topological polar surface area (TPSA) is 77.8 Å². The van der Waals surface area contributed by atoms with Crippen molar-refractivity contribution in [3.63, 3.8) is 0 Å². The van der Waals surface area contributed by atoms with Gasteiger partial charge in [0, 0.05) is 12.1 Å². The van der Waals surface area contributed by atoms with Gasteiger partial charge >= 0.3 is 11.9 Å². The van der Waals surface area contributed by atoms with Crippen LogP contribution in [-0.4, -0.2) is 39.6 Å². The Balaban J connectivity index is 2.89. The highest BCUT2D eigenvalue weighted by Gasteiger charge is 2.25. The van der Waals surface area contributed by atoms with E-state index in [0.29, 0.717) is 0 Å². The predicted molar refractivity (Wildman–Crippen MR) is 70.9 cm³/mol. The van der Waals surface area contributed by atoms with Gasteiger partial charge in [-0.25, -0.2) is 0 Å². The first-order chi connectivity index (χ1) is 8.91. The lowest BCUT2D eigenvalue weighted by molar-refractivity contribution is -0.143. The van der Waals surface area contributed by atoms with Crippen LogP contribution in [-0.2, 0) is 9.59 Å². The molecule has 0 aliphatic carbocycles. The van der Waals surface area contributed by atoms with Crippen molar-refractivity contribution < 1.29 is 19.8 Å². The third-order valence-electron chi connectivity index (χ3n) is 3.13. The lowest BCUT2D eigenvalue weighted by atomic mass is 10.0. The maximum absolute atomic E-state index is 10.9. The quantitative estimate of drug-likeness (QED) is 0.788. The molecule has 2 unspecified atom stereocenters. The molecule has 0 aromatic heterocycles. The Bertz CT molecular complexity index is 432. The number of hydrogen-bond acceptors (Lipinski definition) is 3. The zero-order chi connectivity index (χ0) is 14.4. The molecule has 0 radical (unpaired) electrons. The summed E-state index contributed by atoms with van der Waals surface area (Å²) in [7, 11) is 0. The van der Waals surface area contributed by atoms with Crippen LogP contribution in [0.4, 0.5) is 0 Å². The molecule has 0 bridgehead atoms. The molecule has 2 N–H and O–H groups in total. The molecule has 0 heterocycles. The highest BCUT2D eigenvalue weighted by molar-refractivity contribution is 5.70. The number of carboxylic acids is 2. The minimum atomic E-state index is -0.958. The Morgan fingerprint density at radius 1 is 1.11 bits per heavy atom. The van der Waals surface area contributed by atoms with Gasteiger partial charge in [-0.2, -0.15) is 0 Å². The predicted octanol–water partition coefficient (Wildman–Crippen LogP) is 2.00. The van der Waals surface area contributed by atoms with Crippen molar-refractivity contribution in [1.29, 1.82) is 0 Å². The highest BCUT2D eigenvalue weighted by atomic mass is 16.4. The van der Waals surface area contributed by atoms with Crippen LogP contribution in [0.25, 0.3) is 0 Å². The molecule has 5 nitrogen and oxygen atoms in total. The lowest BCUT2D eigenvalue weighted by Gasteiger charge is -2.32. The Morgan fingerprint density at radius 3 is 2.16 bits per heavy atom. The van der Waals surface area contributed by atoms with Crippen LogP contribution in [0.3, 0.4) is 0 Å². The molecule has 0 saturated carbocycles. The molecule has 1 rings (SSSR count). The van der Waals surface area contributed by atoms with E-state index in [1.807, 2.05) is 37.3 Å². The van der Waals surface area contributed by atoms with Gasteiger partial charge in [0.15, 0.2) is 0 Å². The van der Waals surface area contributed by atoms with Gasteiger partial charge in [-0.1, -0.05) is 30.3 Å². The summed E-state index contributed by atoms with van der Waals surface area (Å²) < 4.78 is 0. The summed E-state index contributed by atoms with van der Waals surface area (Å²) in [6.45, 7) is 3.44. The molecule has 1 aromatic rings. The lowest BCUT2D eigenvalue weighted by Crippen LogP contribution is -2.40. The van der Waals surface area contributed by atoms with E-state index in [2.05, 4.69) is 0 Å². The molecule has 1 aromatic carbocycles. The van der Waals surface area contributed by atoms with Crippen molar-refractivity contribution in [2.75, 3.05) is 6.54 Å². The molecule has 0 amide bonds. The van der Waals surface area contributed by atoms with Crippen LogP contribution < -0.4 is 0 Å². The second-order valence-electron chi connectivity index (χ2n) is 4.60. The fourth-order valence-corrected chi connectivity index (χ4v) is 2.12. The largest absolute Gasteiger partial charge is 0.481 e. The first-order valence-corrected chi connectivity index (χ1v) is 6.16. The Labute approximate surface area is 112 Å². The minimum absolute atomic E-state index is 0.0789. The molecule has 104 valence electrons. The maximum Gasteiger partial charge on any atom is 0.317 e. The SMILES string of the molecule is CC(CC(=O)O)N(CC(=O)O)C(C)c1ccccc1. The molecule has 0 aliphatic heterocycles. The van der Waals surface area contributed by atoms with Gasteiger partial charge in [0.1, 0.15) is 0 Å². The molecule has 2 atom stereocenters. The number of hydrogen-bond donors (Lipinski definition) is 2. The van der Waals surface area contributed by atoms with Crippen LogP contribution in [0, 0.1) is 0 Å². The summed E-state index contributed by atoms with van der Waals surface area (Å²) in [5, 5.41) is 17.8. The summed E-state index contributed by atoms with van der Waals surface area (Å²) in [4.78, 5) is 23.4. The fraction of sp³-hybridized carbons (Fsp3) is 0.429. The van der Waals surface area contributed by atoms with E-state index in [9.17, 15) is 9.59 Å². The molecule has 0 fully saturated rings. The molecule has 19 heavy (non-hydrogen) atoms. The maximum atomic E-state index is 10.9. The van der Waals surface area contributed by atoms with Crippen LogP contribution in [0.2, 0.25) is 0 Å². The molecular weight excluding hydrogens is 246 g/mol. The number of carbonyl (C=O) groups is 2. The van der Waals surface area contributed by atoms with E-state index in [4.69, 9.17) is 10.2 Å². The molecule has 0 spiro atoms. The first kappa shape index (κ1) is 15.2. The molecule has 5 heteroatoms. The van der Waals surface area contributed by atoms with E-state index in [1.165, 1.54) is 0 Å². The molecular formula is C14H19NO4. The van der Waals surface area contributed by atoms with E-state index in [-0.39, 0.29) is 25.0 Å². The second kappa shape index (κ2) is 6.89. The normalized spacial score (nSPS) is 14.1. The highest BCUT2D eigenvalue weighted by Crippen LogP contribution is 2.23. The van der Waals surface area contributed by atoms with Crippen LogP contribution in [0.1, 0.15) is 31.9 Å². The summed E-state index contributed by atoms with van der Waals surface area (Å²) in [5.41, 5.74) is 0.973. The van der Waals surface area contributed by atoms with Gasteiger partial charge in [-0.3, -0.25) is 14.5 Å². The van der Waals surface area contributed by atoms with Gasteiger partial charge in [-0.15, -0.1) is 0 Å². The van der Waals surface area contributed by atoms with Gasteiger partial charge in [-0.05, 0) is 19.4 Å². The van der Waals surface area contributed by atoms with Crippen molar-refractivity contribution in [3.8, 4) is 0 Å². The van der Waals surface area contributed by atoms with E-state index >= 15 is 0 Å². The average Bonchev–Trinajstić information content (AvgIpc) is 2.35. The second-order valence-corrected chi connectivity index (χ2v) is 4.60. The average molecular weight is 265 g/mol. The van der Waals surface area contributed by atoms with Crippen LogP contribution in [0.15, 0.2) is 30.3 Å². The van der Waals surface area contributed by atoms with Crippen LogP contribution in [0.5, 0.6) is 0 Å². The van der Waals surface area contributed by atoms with Gasteiger partial charge in [0.05, 0.1) is 13.0 Å². The Kier molecular flexibility index (Phi) is 5.51. The van der Waals surface area contributed by atoms with Crippen molar-refractivity contribution in [3.05, 3.63) is 35.9 Å². The van der Waals surface area contributed by atoms with Crippen molar-refractivity contribution in [2.45, 2.75) is 32.4 Å². The summed E-state index contributed by atoms with van der Waals surface area (Å²) >= 11 is 0. The van der Waals surface area contributed by atoms with E-state index < -0.39 is 11.9 Å². The number of aliphatic carboxylic acids is 2. The third kappa shape index (κ3) is 4.71. The van der Waals surface area contributed by atoms with Gasteiger partial charge < -0.3 is 10.2 Å². The van der Waals surface area contributed by atoms with E-state index in [1.54, 1.807) is 11.8 Å². The Morgan fingerprint density at radius 2 is 1.68 bits per heavy atom. The van der Waals surface area contributed by atoms with Gasteiger partial charge in [0.2, 0.25) is 0 Å². The standard InChI is InChI=1S/C14H19NO4/c1-10(8-13(16)17)15(9-14(18)19)11(2)12-6-4-3-5-7-12/h3-7,10-11H,8-9H2,1-2H3,(H,16,17)(H,18,19). The van der Waals surface area contributed by atoms with Gasteiger partial charge in [0.25, 0.3) is 0 Å². The zero-order valence-electron chi connectivity index (χ0n) is 11.1. The minimum Gasteiger partial charge on any atom is -0.481 e. The summed E-state index contributed by atoms with van der Waals surface area (Å²) in [6.07, 6.45) is -0.0789. The third-order valence-corrected chi connectivity index (χ3v) is 3.13. The van der Waals surface area contributed by atoms with E-state index in [0.717, 1.165) is 5.56 Å². The van der Waals surface area contributed by atoms with Crippen LogP contribution >= 0.6 is 0 Å². The fourth-order valence-electron chi connectivity index (χ4n) is 2.12. The Hall–Kier alpha value is -1.88. The monoisotopic (exact) mass is 265 g/mol. The number of benzene rings is 1. The van der Waals surface area contributed by atoms with Crippen molar-refractivity contribution >= 4 is 11.9 Å². The molecule has 0 saturated heterocycles. The molecule has 0 aliphatic rings. The first-order valence-electron chi connectivity index (χ1n) is 6.16. The summed E-state index contributed by atoms with van der Waals surface area (Å²) in [6, 6.07) is 8.98. The summed E-state index contributed by atoms with van der Waals surface area (Å²) in [5.74, 6) is -1.89. The number of rotatable bonds is 7. The smallest absolute Gasteiger partial charge is 0.317 e. The number of carboxylic acid groups (broad SMARTS) is 2. The van der Waals surface area contributed by atoms with Crippen molar-refractivity contribution in [1.82, 2.24) is 4.90 Å². The van der Waals surface area contributed by atoms with Crippen molar-refractivity contribution in [2.24, 2.45) is 0 Å². The number of nitrogens with zero attached hydrogens (tertiary/aromatic N) is 1.